The predicted octanol–water partition coefficient (Wildman–Crippen LogP) is 2.64. The highest BCUT2D eigenvalue weighted by Gasteiger charge is 2.02. The van der Waals surface area contributed by atoms with Crippen molar-refractivity contribution < 1.29 is 9.05 Å². The van der Waals surface area contributed by atoms with Gasteiger partial charge in [-0.3, -0.25) is 9.97 Å². The van der Waals surface area contributed by atoms with E-state index in [-0.39, 0.29) is 0 Å². The molecule has 0 saturated heterocycles. The molecule has 0 amide bonds. The third-order valence-electron chi connectivity index (χ3n) is 3.01. The van der Waals surface area contributed by atoms with Crippen LogP contribution in [0.15, 0.2) is 70.2 Å². The first-order valence-electron chi connectivity index (χ1n) is 6.97. The molecule has 4 rings (SSSR count). The first-order valence-corrected chi connectivity index (χ1v) is 6.97. The fraction of sp³-hybridized carbons (Fsp3) is 0. The maximum atomic E-state index is 5.37. The van der Waals surface area contributed by atoms with E-state index in [0.717, 1.165) is 22.5 Å². The van der Waals surface area contributed by atoms with E-state index in [0.29, 0.717) is 11.8 Å². The van der Waals surface area contributed by atoms with Crippen LogP contribution in [0.3, 0.4) is 0 Å². The lowest BCUT2D eigenvalue weighted by molar-refractivity contribution is 0.439. The Morgan fingerprint density at radius 1 is 0.625 bits per heavy atom. The summed E-state index contributed by atoms with van der Waals surface area (Å²) in [5.74, 6) is 0.642. The number of hydrogen-bond donors (Lipinski definition) is 2. The molecular weight excluding hydrogens is 308 g/mol. The number of nitrogens with two attached hydrogens (primary N) is 2. The third kappa shape index (κ3) is 3.74. The van der Waals surface area contributed by atoms with E-state index in [1.807, 2.05) is 24.3 Å². The van der Waals surface area contributed by atoms with Crippen LogP contribution in [0.1, 0.15) is 0 Å². The molecule has 0 unspecified atom stereocenters. The zero-order valence-electron chi connectivity index (χ0n) is 12.5. The van der Waals surface area contributed by atoms with Gasteiger partial charge in [0.2, 0.25) is 11.8 Å². The number of aromatic nitrogens is 4. The molecule has 0 saturated carbocycles. The Bertz CT molecular complexity index is 813. The number of hydrogen-bond acceptors (Lipinski definition) is 8. The van der Waals surface area contributed by atoms with Crippen LogP contribution in [0.5, 0.6) is 0 Å². The Morgan fingerprint density at radius 2 is 1.00 bits per heavy atom. The highest BCUT2D eigenvalue weighted by atomic mass is 16.5. The second-order valence-corrected chi connectivity index (χ2v) is 4.70. The quantitative estimate of drug-likeness (QED) is 0.576. The highest BCUT2D eigenvalue weighted by Crippen LogP contribution is 2.19. The maximum Gasteiger partial charge on any atom is 0.222 e. The molecule has 0 spiro atoms. The molecule has 0 bridgehead atoms. The normalized spacial score (nSPS) is 10.0. The zero-order valence-corrected chi connectivity index (χ0v) is 12.5. The first-order chi connectivity index (χ1) is 11.7. The largest absolute Gasteiger partial charge is 0.368 e. The van der Waals surface area contributed by atoms with Crippen LogP contribution >= 0.6 is 0 Å². The molecule has 0 aliphatic heterocycles. The van der Waals surface area contributed by atoms with Crippen molar-refractivity contribution in [2.24, 2.45) is 0 Å². The summed E-state index contributed by atoms with van der Waals surface area (Å²) in [5, 5.41) is 7.52. The minimum atomic E-state index is 0.321. The molecule has 120 valence electrons. The molecule has 0 atom stereocenters. The van der Waals surface area contributed by atoms with Gasteiger partial charge in [0.1, 0.15) is 11.4 Å². The Kier molecular flexibility index (Phi) is 4.47. The van der Waals surface area contributed by atoms with Crippen molar-refractivity contribution in [1.29, 1.82) is 0 Å². The van der Waals surface area contributed by atoms with Crippen LogP contribution < -0.4 is 11.5 Å². The van der Waals surface area contributed by atoms with E-state index < -0.39 is 0 Å². The first kappa shape index (κ1) is 15.2. The van der Waals surface area contributed by atoms with E-state index >= 15 is 0 Å². The summed E-state index contributed by atoms with van der Waals surface area (Å²) < 4.78 is 9.45. The van der Waals surface area contributed by atoms with E-state index in [9.17, 15) is 0 Å². The highest BCUT2D eigenvalue weighted by molar-refractivity contribution is 5.60. The Morgan fingerprint density at radius 3 is 1.29 bits per heavy atom. The number of rotatable bonds is 2. The molecule has 0 aliphatic carbocycles. The fourth-order valence-corrected chi connectivity index (χ4v) is 1.90. The van der Waals surface area contributed by atoms with Crippen LogP contribution in [-0.4, -0.2) is 20.3 Å². The minimum absolute atomic E-state index is 0.321. The third-order valence-corrected chi connectivity index (χ3v) is 3.01. The number of anilines is 2. The summed E-state index contributed by atoms with van der Waals surface area (Å²) in [4.78, 5) is 7.78. The summed E-state index contributed by atoms with van der Waals surface area (Å²) >= 11 is 0. The average Bonchev–Trinajstić information content (AvgIpc) is 3.26. The van der Waals surface area contributed by atoms with Crippen LogP contribution in [0, 0.1) is 0 Å². The second kappa shape index (κ2) is 7.05. The van der Waals surface area contributed by atoms with Gasteiger partial charge in [0.05, 0.1) is 0 Å². The molecule has 4 N–H and O–H groups in total. The van der Waals surface area contributed by atoms with Gasteiger partial charge in [0.15, 0.2) is 0 Å². The van der Waals surface area contributed by atoms with Crippen LogP contribution in [0.25, 0.3) is 22.5 Å². The van der Waals surface area contributed by atoms with E-state index in [1.165, 1.54) is 0 Å². The summed E-state index contributed by atoms with van der Waals surface area (Å²) in [7, 11) is 0. The van der Waals surface area contributed by atoms with E-state index in [4.69, 9.17) is 20.5 Å². The fourth-order valence-electron chi connectivity index (χ4n) is 1.90. The van der Waals surface area contributed by atoms with E-state index in [1.54, 1.807) is 36.9 Å². The maximum absolute atomic E-state index is 5.37. The molecule has 8 heteroatoms. The molecule has 4 aromatic rings. The number of nitrogen functional groups attached to an aromatic ring is 2. The predicted molar refractivity (Wildman–Crippen MR) is 88.3 cm³/mol. The summed E-state index contributed by atoms with van der Waals surface area (Å²) in [6.07, 6.45) is 6.78. The second-order valence-electron chi connectivity index (χ2n) is 4.70. The molecule has 24 heavy (non-hydrogen) atoms. The van der Waals surface area contributed by atoms with Gasteiger partial charge in [-0.2, -0.15) is 0 Å². The van der Waals surface area contributed by atoms with Crippen molar-refractivity contribution in [2.45, 2.75) is 0 Å². The molecule has 0 radical (unpaired) electrons. The molecular formula is C16H14N6O2. The van der Waals surface area contributed by atoms with Gasteiger partial charge < -0.3 is 20.5 Å². The minimum Gasteiger partial charge on any atom is -0.368 e. The monoisotopic (exact) mass is 322 g/mol. The lowest BCUT2D eigenvalue weighted by atomic mass is 10.2. The topological polar surface area (TPSA) is 130 Å². The summed E-state index contributed by atoms with van der Waals surface area (Å²) in [6.45, 7) is 0. The SMILES string of the molecule is Nc1cc(-c2ccncc2)no1.Nc1cc(-c2ccncc2)no1. The molecule has 8 nitrogen and oxygen atoms in total. The van der Waals surface area contributed by atoms with Gasteiger partial charge in [-0.15, -0.1) is 0 Å². The van der Waals surface area contributed by atoms with Crippen LogP contribution in [-0.2, 0) is 0 Å². The standard InChI is InChI=1S/2C8H7N3O/c2*9-8-5-7(11-12-8)6-1-3-10-4-2-6/h2*1-5H,9H2. The van der Waals surface area contributed by atoms with Crippen molar-refractivity contribution in [3.05, 3.63) is 61.2 Å². The van der Waals surface area contributed by atoms with Crippen molar-refractivity contribution in [1.82, 2.24) is 20.3 Å². The Balaban J connectivity index is 0.000000141. The smallest absolute Gasteiger partial charge is 0.222 e. The van der Waals surface area contributed by atoms with Gasteiger partial charge in [0.25, 0.3) is 0 Å². The van der Waals surface area contributed by atoms with Gasteiger partial charge >= 0.3 is 0 Å². The van der Waals surface area contributed by atoms with E-state index in [2.05, 4.69) is 20.3 Å². The summed E-state index contributed by atoms with van der Waals surface area (Å²) in [6, 6.07) is 10.7. The number of pyridine rings is 2. The van der Waals surface area contributed by atoms with Crippen LogP contribution in [0.4, 0.5) is 11.8 Å². The zero-order chi connectivity index (χ0) is 16.8. The van der Waals surface area contributed by atoms with Crippen molar-refractivity contribution in [3.8, 4) is 22.5 Å². The van der Waals surface area contributed by atoms with Gasteiger partial charge in [-0.1, -0.05) is 10.3 Å². The van der Waals surface area contributed by atoms with Crippen molar-refractivity contribution in [2.75, 3.05) is 11.5 Å². The molecule has 0 aromatic carbocycles. The van der Waals surface area contributed by atoms with Gasteiger partial charge in [-0.05, 0) is 24.3 Å². The number of nitrogens with zero attached hydrogens (tertiary/aromatic N) is 4. The lowest BCUT2D eigenvalue weighted by Crippen LogP contribution is -1.77. The molecule has 4 aromatic heterocycles. The Labute approximate surface area is 137 Å². The van der Waals surface area contributed by atoms with Crippen LogP contribution in [0.2, 0.25) is 0 Å². The average molecular weight is 322 g/mol. The van der Waals surface area contributed by atoms with Gasteiger partial charge in [0, 0.05) is 48.0 Å². The van der Waals surface area contributed by atoms with Crippen molar-refractivity contribution >= 4 is 11.8 Å². The molecule has 4 heterocycles. The lowest BCUT2D eigenvalue weighted by Gasteiger charge is -1.90. The molecule has 0 fully saturated rings. The summed E-state index contributed by atoms with van der Waals surface area (Å²) in [5.41, 5.74) is 14.1. The van der Waals surface area contributed by atoms with Gasteiger partial charge in [-0.25, -0.2) is 0 Å². The molecule has 0 aliphatic rings. The Hall–Kier alpha value is -3.68. The van der Waals surface area contributed by atoms with Crippen molar-refractivity contribution in [3.63, 3.8) is 0 Å².